The van der Waals surface area contributed by atoms with Gasteiger partial charge >= 0.3 is 5.76 Å². The van der Waals surface area contributed by atoms with E-state index >= 15 is 0 Å². The Labute approximate surface area is 88.3 Å². The monoisotopic (exact) mass is 208 g/mol. The van der Waals surface area contributed by atoms with E-state index in [2.05, 4.69) is 9.68 Å². The van der Waals surface area contributed by atoms with Gasteiger partial charge in [0, 0.05) is 6.54 Å². The second-order valence-electron chi connectivity index (χ2n) is 5.04. The van der Waals surface area contributed by atoms with Crippen molar-refractivity contribution in [3.8, 4) is 0 Å². The lowest BCUT2D eigenvalue weighted by Crippen LogP contribution is -2.20. The first-order valence-electron chi connectivity index (χ1n) is 5.77. The molecular weight excluding hydrogens is 192 g/mol. The van der Waals surface area contributed by atoms with E-state index in [-0.39, 0.29) is 5.76 Å². The van der Waals surface area contributed by atoms with E-state index in [0.717, 1.165) is 18.4 Å². The fourth-order valence-electron chi connectivity index (χ4n) is 3.16. The Morgan fingerprint density at radius 1 is 1.40 bits per heavy atom. The maximum atomic E-state index is 11.3. The Kier molecular flexibility index (Phi) is 1.97. The summed E-state index contributed by atoms with van der Waals surface area (Å²) in [6.45, 7) is 2.63. The Bertz CT molecular complexity index is 408. The Hall–Kier alpha value is -1.06. The van der Waals surface area contributed by atoms with Gasteiger partial charge in [0.15, 0.2) is 5.82 Å². The largest absolute Gasteiger partial charge is 0.441 e. The summed E-state index contributed by atoms with van der Waals surface area (Å²) < 4.78 is 6.31. The van der Waals surface area contributed by atoms with Crippen LogP contribution < -0.4 is 5.76 Å². The summed E-state index contributed by atoms with van der Waals surface area (Å²) in [6, 6.07) is 0. The van der Waals surface area contributed by atoms with Crippen LogP contribution in [0, 0.1) is 24.7 Å². The lowest BCUT2D eigenvalue weighted by molar-refractivity contribution is 0.219. The van der Waals surface area contributed by atoms with Gasteiger partial charge in [0.25, 0.3) is 0 Å². The van der Waals surface area contributed by atoms with Gasteiger partial charge < -0.3 is 0 Å². The van der Waals surface area contributed by atoms with Crippen molar-refractivity contribution in [3.63, 3.8) is 0 Å². The van der Waals surface area contributed by atoms with Crippen molar-refractivity contribution in [2.75, 3.05) is 0 Å². The lowest BCUT2D eigenvalue weighted by atomic mass is 9.77. The molecule has 1 aromatic heterocycles. The van der Waals surface area contributed by atoms with E-state index in [1.165, 1.54) is 25.7 Å². The highest BCUT2D eigenvalue weighted by atomic mass is 16.5. The summed E-state index contributed by atoms with van der Waals surface area (Å²) in [6.07, 6.45) is 5.39. The van der Waals surface area contributed by atoms with Crippen molar-refractivity contribution in [1.29, 1.82) is 0 Å². The number of hydrogen-bond acceptors (Lipinski definition) is 3. The second-order valence-corrected chi connectivity index (χ2v) is 5.04. The minimum Gasteiger partial charge on any atom is -0.296 e. The second kappa shape index (κ2) is 3.22. The van der Waals surface area contributed by atoms with Gasteiger partial charge in [-0.05, 0) is 50.4 Å². The summed E-state index contributed by atoms with van der Waals surface area (Å²) in [7, 11) is 0. The van der Waals surface area contributed by atoms with Gasteiger partial charge in [0.1, 0.15) is 0 Å². The zero-order valence-electron chi connectivity index (χ0n) is 8.98. The van der Waals surface area contributed by atoms with Gasteiger partial charge in [-0.15, -0.1) is 0 Å². The van der Waals surface area contributed by atoms with Crippen molar-refractivity contribution in [2.45, 2.75) is 39.2 Å². The average Bonchev–Trinajstić information content (AvgIpc) is 2.63. The van der Waals surface area contributed by atoms with Gasteiger partial charge in [0.05, 0.1) is 0 Å². The molecule has 0 bridgehead atoms. The fourth-order valence-corrected chi connectivity index (χ4v) is 3.16. The van der Waals surface area contributed by atoms with E-state index in [0.29, 0.717) is 11.7 Å². The number of rotatable bonds is 2. The topological polar surface area (TPSA) is 48.0 Å². The van der Waals surface area contributed by atoms with Crippen LogP contribution in [0.5, 0.6) is 0 Å². The van der Waals surface area contributed by atoms with Crippen molar-refractivity contribution in [2.24, 2.45) is 17.8 Å². The van der Waals surface area contributed by atoms with Gasteiger partial charge in [-0.25, -0.2) is 4.79 Å². The molecule has 0 saturated heterocycles. The molecular formula is C11H16N2O2. The molecule has 1 unspecified atom stereocenters. The molecule has 3 rings (SSSR count). The van der Waals surface area contributed by atoms with Crippen molar-refractivity contribution in [1.82, 2.24) is 9.72 Å². The molecule has 3 atom stereocenters. The first kappa shape index (κ1) is 9.19. The summed E-state index contributed by atoms with van der Waals surface area (Å²) in [4.78, 5) is 11.3. The molecule has 4 nitrogen and oxygen atoms in total. The maximum absolute atomic E-state index is 11.3. The summed E-state index contributed by atoms with van der Waals surface area (Å²) in [5.74, 6) is 2.97. The van der Waals surface area contributed by atoms with E-state index < -0.39 is 0 Å². The van der Waals surface area contributed by atoms with Crippen LogP contribution >= 0.6 is 0 Å². The van der Waals surface area contributed by atoms with Crippen LogP contribution in [0.1, 0.15) is 31.5 Å². The van der Waals surface area contributed by atoms with Gasteiger partial charge in [-0.1, -0.05) is 5.16 Å². The Morgan fingerprint density at radius 2 is 2.07 bits per heavy atom. The molecule has 82 valence electrons. The van der Waals surface area contributed by atoms with Crippen LogP contribution in [0.3, 0.4) is 0 Å². The molecule has 2 fully saturated rings. The summed E-state index contributed by atoms with van der Waals surface area (Å²) in [5.41, 5.74) is 0. The highest BCUT2D eigenvalue weighted by Crippen LogP contribution is 2.49. The fraction of sp³-hybridized carbons (Fsp3) is 0.818. The first-order valence-corrected chi connectivity index (χ1v) is 5.77. The number of fused-ring (bicyclic) bond motifs is 1. The first-order chi connectivity index (χ1) is 7.24. The molecule has 4 heteroatoms. The highest BCUT2D eigenvalue weighted by molar-refractivity contribution is 4.91. The van der Waals surface area contributed by atoms with Gasteiger partial charge in [-0.2, -0.15) is 0 Å². The SMILES string of the molecule is Cc1noc(=O)n1CC1C[C@H]2CC[C@H]2C1. The normalized spacial score (nSPS) is 33.8. The average molecular weight is 208 g/mol. The molecule has 1 heterocycles. The van der Waals surface area contributed by atoms with Gasteiger partial charge in [-0.3, -0.25) is 9.09 Å². The molecule has 2 saturated carbocycles. The van der Waals surface area contributed by atoms with E-state index in [9.17, 15) is 4.79 Å². The third kappa shape index (κ3) is 1.43. The predicted octanol–water partition coefficient (Wildman–Crippen LogP) is 1.58. The molecule has 0 aliphatic heterocycles. The van der Waals surface area contributed by atoms with Crippen molar-refractivity contribution >= 4 is 0 Å². The van der Waals surface area contributed by atoms with Crippen molar-refractivity contribution < 1.29 is 4.52 Å². The smallest absolute Gasteiger partial charge is 0.296 e. The molecule has 2 aliphatic rings. The van der Waals surface area contributed by atoms with Crippen molar-refractivity contribution in [3.05, 3.63) is 16.4 Å². The third-order valence-corrected chi connectivity index (χ3v) is 4.15. The van der Waals surface area contributed by atoms with Crippen LogP contribution in [0.25, 0.3) is 0 Å². The Balaban J connectivity index is 1.73. The zero-order valence-corrected chi connectivity index (χ0v) is 8.98. The maximum Gasteiger partial charge on any atom is 0.441 e. The summed E-state index contributed by atoms with van der Waals surface area (Å²) in [5, 5.41) is 3.69. The minimum absolute atomic E-state index is 0.299. The number of nitrogens with zero attached hydrogens (tertiary/aromatic N) is 2. The van der Waals surface area contributed by atoms with Crippen LogP contribution in [0.15, 0.2) is 9.32 Å². The quantitative estimate of drug-likeness (QED) is 0.741. The lowest BCUT2D eigenvalue weighted by Gasteiger charge is -2.29. The standard InChI is InChI=1S/C11H16N2O2/c1-7-12-15-11(14)13(7)6-8-4-9-2-3-10(9)5-8/h8-10H,2-6H2,1H3/t8?,9-,10+. The number of aryl methyl sites for hydroxylation is 1. The van der Waals surface area contributed by atoms with Crippen LogP contribution in [0.2, 0.25) is 0 Å². The molecule has 0 radical (unpaired) electrons. The minimum atomic E-state index is -0.299. The molecule has 0 aromatic carbocycles. The van der Waals surface area contributed by atoms with Crippen LogP contribution in [0.4, 0.5) is 0 Å². The third-order valence-electron chi connectivity index (χ3n) is 4.15. The molecule has 2 aliphatic carbocycles. The zero-order chi connectivity index (χ0) is 10.4. The van der Waals surface area contributed by atoms with Crippen LogP contribution in [-0.2, 0) is 6.54 Å². The van der Waals surface area contributed by atoms with Crippen LogP contribution in [-0.4, -0.2) is 9.72 Å². The number of hydrogen-bond donors (Lipinski definition) is 0. The molecule has 15 heavy (non-hydrogen) atoms. The molecule has 0 N–H and O–H groups in total. The molecule has 0 amide bonds. The number of aromatic nitrogens is 2. The predicted molar refractivity (Wildman–Crippen MR) is 54.4 cm³/mol. The van der Waals surface area contributed by atoms with Gasteiger partial charge in [0.2, 0.25) is 0 Å². The van der Waals surface area contributed by atoms with E-state index in [4.69, 9.17) is 0 Å². The van der Waals surface area contributed by atoms with E-state index in [1.807, 2.05) is 6.92 Å². The highest BCUT2D eigenvalue weighted by Gasteiger charge is 2.40. The summed E-state index contributed by atoms with van der Waals surface area (Å²) >= 11 is 0. The van der Waals surface area contributed by atoms with E-state index in [1.54, 1.807) is 4.57 Å². The molecule has 0 spiro atoms. The Morgan fingerprint density at radius 3 is 2.53 bits per heavy atom. The molecule has 1 aromatic rings.